The number of sulfonamides is 1. The lowest BCUT2D eigenvalue weighted by Gasteiger charge is -2.31. The van der Waals surface area contributed by atoms with E-state index >= 15 is 0 Å². The number of hydrogen-bond donors (Lipinski definition) is 3. The molecular weight excluding hydrogens is 567 g/mol. The van der Waals surface area contributed by atoms with E-state index in [2.05, 4.69) is 43.4 Å². The second kappa shape index (κ2) is 13.7. The van der Waals surface area contributed by atoms with Crippen molar-refractivity contribution in [1.82, 2.24) is 9.62 Å². The Balaban J connectivity index is 1.37. The molecule has 1 unspecified atom stereocenters. The van der Waals surface area contributed by atoms with Crippen LogP contribution < -0.4 is 5.32 Å². The summed E-state index contributed by atoms with van der Waals surface area (Å²) in [5, 5.41) is 23.1. The van der Waals surface area contributed by atoms with E-state index in [0.29, 0.717) is 34.6 Å². The first kappa shape index (κ1) is 32.8. The van der Waals surface area contributed by atoms with Crippen molar-refractivity contribution in [2.45, 2.75) is 75.8 Å². The van der Waals surface area contributed by atoms with Crippen LogP contribution in [0.4, 0.5) is 4.39 Å². The minimum Gasteiger partial charge on any atom is -0.481 e. The predicted octanol–water partition coefficient (Wildman–Crippen LogP) is 5.23. The lowest BCUT2D eigenvalue weighted by Crippen LogP contribution is -2.47. The average Bonchev–Trinajstić information content (AvgIpc) is 3.36. The first-order valence-corrected chi connectivity index (χ1v) is 16.3. The Morgan fingerprint density at radius 3 is 2.28 bits per heavy atom. The van der Waals surface area contributed by atoms with Gasteiger partial charge in [-0.3, -0.25) is 4.79 Å². The molecule has 3 aromatic carbocycles. The van der Waals surface area contributed by atoms with Crippen molar-refractivity contribution in [2.75, 3.05) is 20.1 Å². The number of aryl methyl sites for hydroxylation is 2. The third-order valence-electron chi connectivity index (χ3n) is 8.34. The molecule has 1 atom stereocenters. The average molecular weight is 611 g/mol. The van der Waals surface area contributed by atoms with E-state index in [0.717, 1.165) is 19.3 Å². The number of nitrogens with zero attached hydrogens (tertiary/aromatic N) is 1. The maximum absolute atomic E-state index is 14.6. The molecule has 0 fully saturated rings. The molecule has 43 heavy (non-hydrogen) atoms. The number of rotatable bonds is 14. The molecule has 3 N–H and O–H groups in total. The van der Waals surface area contributed by atoms with Crippen LogP contribution in [0.1, 0.15) is 55.9 Å². The molecule has 7 nitrogen and oxygen atoms in total. The van der Waals surface area contributed by atoms with Crippen molar-refractivity contribution >= 4 is 16.0 Å². The van der Waals surface area contributed by atoms with Crippen LogP contribution in [0.2, 0.25) is 0 Å². The van der Waals surface area contributed by atoms with E-state index in [9.17, 15) is 22.7 Å². The summed E-state index contributed by atoms with van der Waals surface area (Å²) < 4.78 is 42.9. The maximum atomic E-state index is 14.6. The van der Waals surface area contributed by atoms with Gasteiger partial charge in [-0.15, -0.1) is 0 Å². The Kier molecular flexibility index (Phi) is 10.4. The summed E-state index contributed by atoms with van der Waals surface area (Å²) in [6.07, 6.45) is 2.54. The summed E-state index contributed by atoms with van der Waals surface area (Å²) in [7, 11) is -2.42. The Morgan fingerprint density at radius 2 is 1.67 bits per heavy atom. The van der Waals surface area contributed by atoms with Crippen LogP contribution in [-0.2, 0) is 40.5 Å². The number of benzene rings is 3. The van der Waals surface area contributed by atoms with E-state index in [1.54, 1.807) is 24.3 Å². The van der Waals surface area contributed by atoms with Gasteiger partial charge in [0.15, 0.2) is 0 Å². The van der Waals surface area contributed by atoms with Crippen LogP contribution in [0, 0.1) is 11.7 Å². The maximum Gasteiger partial charge on any atom is 0.303 e. The van der Waals surface area contributed by atoms with Crippen LogP contribution in [0.15, 0.2) is 65.6 Å². The molecule has 9 heteroatoms. The molecule has 0 aliphatic heterocycles. The van der Waals surface area contributed by atoms with Gasteiger partial charge < -0.3 is 15.5 Å². The van der Waals surface area contributed by atoms with Crippen LogP contribution >= 0.6 is 0 Å². The number of aliphatic carboxylic acids is 1. The zero-order valence-electron chi connectivity index (χ0n) is 25.4. The van der Waals surface area contributed by atoms with Gasteiger partial charge in [0, 0.05) is 32.1 Å². The first-order chi connectivity index (χ1) is 20.3. The molecule has 0 saturated heterocycles. The molecule has 1 aliphatic carbocycles. The van der Waals surface area contributed by atoms with Gasteiger partial charge in [-0.1, -0.05) is 49.4 Å². The van der Waals surface area contributed by atoms with Gasteiger partial charge >= 0.3 is 5.97 Å². The van der Waals surface area contributed by atoms with E-state index in [1.165, 1.54) is 34.6 Å². The number of likely N-dealkylation sites (N-methyl/N-ethyl adjacent to an activating group) is 1. The number of halogens is 1. The van der Waals surface area contributed by atoms with Crippen molar-refractivity contribution in [1.29, 1.82) is 0 Å². The SMILES string of the molecule is CCc1cc(-c2ccc(CCC(=O)O)c(F)c2)ccc1S(=O)(=O)N(C)CC(O)CNC(C)(C)CC1Cc2ccccc2C1. The third-order valence-corrected chi connectivity index (χ3v) is 10.3. The highest BCUT2D eigenvalue weighted by Gasteiger charge is 2.30. The van der Waals surface area contributed by atoms with Gasteiger partial charge in [-0.25, -0.2) is 12.8 Å². The summed E-state index contributed by atoms with van der Waals surface area (Å²) in [4.78, 5) is 11.0. The molecule has 232 valence electrons. The second-order valence-electron chi connectivity index (χ2n) is 12.3. The Bertz CT molecular complexity index is 1530. The van der Waals surface area contributed by atoms with Crippen molar-refractivity contribution in [3.63, 3.8) is 0 Å². The minimum absolute atomic E-state index is 0.0613. The molecule has 0 heterocycles. The lowest BCUT2D eigenvalue weighted by atomic mass is 9.88. The normalized spacial score (nSPS) is 14.7. The fourth-order valence-corrected chi connectivity index (χ4v) is 7.55. The third kappa shape index (κ3) is 8.29. The number of carboxylic acid groups (broad SMARTS) is 1. The second-order valence-corrected chi connectivity index (χ2v) is 14.3. The van der Waals surface area contributed by atoms with Crippen molar-refractivity contribution in [3.8, 4) is 11.1 Å². The topological polar surface area (TPSA) is 107 Å². The molecule has 3 aromatic rings. The first-order valence-electron chi connectivity index (χ1n) is 14.9. The molecule has 1 aliphatic rings. The number of carboxylic acids is 1. The summed E-state index contributed by atoms with van der Waals surface area (Å²) in [6.45, 7) is 6.30. The van der Waals surface area contributed by atoms with E-state index < -0.39 is 27.9 Å². The van der Waals surface area contributed by atoms with Gasteiger partial charge in [0.05, 0.1) is 11.0 Å². The smallest absolute Gasteiger partial charge is 0.303 e. The van der Waals surface area contributed by atoms with Crippen molar-refractivity contribution in [2.24, 2.45) is 5.92 Å². The number of fused-ring (bicyclic) bond motifs is 1. The molecule has 0 radical (unpaired) electrons. The summed E-state index contributed by atoms with van der Waals surface area (Å²) in [5.41, 5.74) is 4.76. The number of carbonyl (C=O) groups is 1. The molecule has 0 aromatic heterocycles. The molecule has 0 saturated carbocycles. The predicted molar refractivity (Wildman–Crippen MR) is 167 cm³/mol. The van der Waals surface area contributed by atoms with Gasteiger partial charge in [-0.2, -0.15) is 4.31 Å². The lowest BCUT2D eigenvalue weighted by molar-refractivity contribution is -0.136. The highest BCUT2D eigenvalue weighted by atomic mass is 32.2. The molecule has 0 spiro atoms. The van der Waals surface area contributed by atoms with Crippen LogP contribution in [0.3, 0.4) is 0 Å². The zero-order valence-corrected chi connectivity index (χ0v) is 26.3. The van der Waals surface area contributed by atoms with Gasteiger partial charge in [-0.05, 0) is 103 Å². The quantitative estimate of drug-likeness (QED) is 0.231. The fourth-order valence-electron chi connectivity index (χ4n) is 6.07. The van der Waals surface area contributed by atoms with Crippen molar-refractivity contribution < 1.29 is 27.8 Å². The Labute approximate surface area is 254 Å². The number of nitrogens with one attached hydrogen (secondary N) is 1. The van der Waals surface area contributed by atoms with Crippen LogP contribution in [0.25, 0.3) is 11.1 Å². The largest absolute Gasteiger partial charge is 0.481 e. The van der Waals surface area contributed by atoms with Crippen molar-refractivity contribution in [3.05, 3.63) is 88.7 Å². The van der Waals surface area contributed by atoms with E-state index in [-0.39, 0.29) is 36.4 Å². The van der Waals surface area contributed by atoms with Crippen LogP contribution in [-0.4, -0.2) is 60.7 Å². The number of aliphatic hydroxyl groups is 1. The molecule has 0 amide bonds. The Morgan fingerprint density at radius 1 is 1.05 bits per heavy atom. The monoisotopic (exact) mass is 610 g/mol. The highest BCUT2D eigenvalue weighted by Crippen LogP contribution is 2.32. The van der Waals surface area contributed by atoms with Gasteiger partial charge in [0.1, 0.15) is 5.82 Å². The van der Waals surface area contributed by atoms with Crippen LogP contribution in [0.5, 0.6) is 0 Å². The van der Waals surface area contributed by atoms with E-state index in [4.69, 9.17) is 5.11 Å². The molecule has 0 bridgehead atoms. The summed E-state index contributed by atoms with van der Waals surface area (Å²) in [6, 6.07) is 18.1. The van der Waals surface area contributed by atoms with Gasteiger partial charge in [0.2, 0.25) is 10.0 Å². The minimum atomic E-state index is -3.89. The Hall–Kier alpha value is -3.11. The highest BCUT2D eigenvalue weighted by molar-refractivity contribution is 7.89. The fraction of sp³-hybridized carbons (Fsp3) is 0.441. The zero-order chi connectivity index (χ0) is 31.4. The molecular formula is C34H43FN2O5S. The van der Waals surface area contributed by atoms with E-state index in [1.807, 2.05) is 6.92 Å². The number of hydrogen-bond acceptors (Lipinski definition) is 5. The van der Waals surface area contributed by atoms with Gasteiger partial charge in [0.25, 0.3) is 0 Å². The standard InChI is InChI=1S/C34H43FN2O5S/c1-5-24-18-28(29-11-10-25(31(35)19-29)13-15-33(39)40)12-14-32(24)43(41,42)37(4)22-30(38)21-36-34(2,3)20-23-16-26-8-6-7-9-27(26)17-23/h6-12,14,18-19,23,30,36,38H,5,13,15-17,20-22H2,1-4H3,(H,39,40). The number of aliphatic hydroxyl groups excluding tert-OH is 1. The summed E-state index contributed by atoms with van der Waals surface area (Å²) >= 11 is 0. The molecule has 4 rings (SSSR count). The number of β-amino-alcohol motifs (C(OH)–C–C–N with tert-alkyl or cyclic N) is 1. The summed E-state index contributed by atoms with van der Waals surface area (Å²) in [5.74, 6) is -0.953.